The van der Waals surface area contributed by atoms with E-state index in [-0.39, 0.29) is 12.5 Å². The van der Waals surface area contributed by atoms with Gasteiger partial charge in [-0.05, 0) is 24.6 Å². The Balaban J connectivity index is 1.64. The number of benzene rings is 2. The number of amides is 1. The topological polar surface area (TPSA) is 42.4 Å². The number of fused-ring (bicyclic) bond motifs is 1. The second-order valence-corrected chi connectivity index (χ2v) is 7.49. The molecule has 0 N–H and O–H groups in total. The summed E-state index contributed by atoms with van der Waals surface area (Å²) in [5.74, 6) is 0.798. The number of rotatable bonds is 6. The van der Waals surface area contributed by atoms with Crippen LogP contribution in [-0.2, 0) is 4.79 Å². The molecule has 2 heterocycles. The van der Waals surface area contributed by atoms with Gasteiger partial charge in [0.05, 0.1) is 11.4 Å². The molecule has 1 amide bonds. The van der Waals surface area contributed by atoms with E-state index in [0.29, 0.717) is 0 Å². The molecule has 0 bridgehead atoms. The largest absolute Gasteiger partial charge is 0.482 e. The Bertz CT molecular complexity index is 936. The minimum Gasteiger partial charge on any atom is -0.482 e. The highest BCUT2D eigenvalue weighted by molar-refractivity contribution is 7.13. The first-order chi connectivity index (χ1) is 13.3. The van der Waals surface area contributed by atoms with Gasteiger partial charge in [-0.3, -0.25) is 4.79 Å². The van der Waals surface area contributed by atoms with Crippen LogP contribution in [0.2, 0.25) is 0 Å². The fourth-order valence-corrected chi connectivity index (χ4v) is 4.08. The molecule has 0 unspecified atom stereocenters. The molecule has 4 nitrogen and oxygen atoms in total. The van der Waals surface area contributed by atoms with Crippen molar-refractivity contribution in [3.05, 3.63) is 53.9 Å². The van der Waals surface area contributed by atoms with Gasteiger partial charge in [0.2, 0.25) is 0 Å². The third-order valence-electron chi connectivity index (χ3n) is 4.71. The number of carbonyl (C=O) groups is 1. The standard InChI is InChI=1S/C22H22N2O2S/c1-2-3-7-12-24-19-13-17(10-11-20(19)26-14-21(24)25)18-15-27-22(23-18)16-8-5-4-6-9-16/h4-6,8-11,13,15H,2-3,7,12,14H2,1H3. The summed E-state index contributed by atoms with van der Waals surface area (Å²) < 4.78 is 5.63. The lowest BCUT2D eigenvalue weighted by molar-refractivity contribution is -0.121. The first-order valence-electron chi connectivity index (χ1n) is 9.35. The number of hydrogen-bond acceptors (Lipinski definition) is 4. The maximum Gasteiger partial charge on any atom is 0.265 e. The maximum atomic E-state index is 12.4. The van der Waals surface area contributed by atoms with Crippen LogP contribution in [0, 0.1) is 0 Å². The number of unbranched alkanes of at least 4 members (excludes halogenated alkanes) is 2. The molecule has 0 saturated heterocycles. The molecular weight excluding hydrogens is 356 g/mol. The third kappa shape index (κ3) is 3.74. The lowest BCUT2D eigenvalue weighted by Gasteiger charge is -2.29. The molecule has 0 saturated carbocycles. The summed E-state index contributed by atoms with van der Waals surface area (Å²) in [5.41, 5.74) is 3.90. The van der Waals surface area contributed by atoms with Crippen molar-refractivity contribution < 1.29 is 9.53 Å². The summed E-state index contributed by atoms with van der Waals surface area (Å²) in [6.45, 7) is 3.02. The number of nitrogens with zero attached hydrogens (tertiary/aromatic N) is 2. The van der Waals surface area contributed by atoms with Gasteiger partial charge >= 0.3 is 0 Å². The van der Waals surface area contributed by atoms with Crippen molar-refractivity contribution >= 4 is 22.9 Å². The zero-order valence-corrected chi connectivity index (χ0v) is 16.2. The number of hydrogen-bond donors (Lipinski definition) is 0. The van der Waals surface area contributed by atoms with Crippen LogP contribution in [0.15, 0.2) is 53.9 Å². The Morgan fingerprint density at radius 2 is 1.96 bits per heavy atom. The van der Waals surface area contributed by atoms with E-state index < -0.39 is 0 Å². The smallest absolute Gasteiger partial charge is 0.265 e. The molecule has 4 rings (SSSR count). The fraction of sp³-hybridized carbons (Fsp3) is 0.273. The zero-order chi connectivity index (χ0) is 18.6. The van der Waals surface area contributed by atoms with E-state index in [2.05, 4.69) is 24.4 Å². The third-order valence-corrected chi connectivity index (χ3v) is 5.60. The van der Waals surface area contributed by atoms with Crippen LogP contribution in [0.4, 0.5) is 5.69 Å². The normalized spacial score (nSPS) is 13.4. The van der Waals surface area contributed by atoms with Crippen molar-refractivity contribution in [1.82, 2.24) is 4.98 Å². The Labute approximate surface area is 163 Å². The van der Waals surface area contributed by atoms with E-state index in [1.165, 1.54) is 0 Å². The highest BCUT2D eigenvalue weighted by Crippen LogP contribution is 2.37. The Kier molecular flexibility index (Phi) is 5.21. The average Bonchev–Trinajstić information content (AvgIpc) is 3.20. The van der Waals surface area contributed by atoms with Crippen LogP contribution in [0.25, 0.3) is 21.8 Å². The van der Waals surface area contributed by atoms with Crippen LogP contribution in [-0.4, -0.2) is 24.0 Å². The molecule has 1 aliphatic rings. The summed E-state index contributed by atoms with van der Waals surface area (Å²) in [5, 5.41) is 3.06. The minimum absolute atomic E-state index is 0.0269. The molecule has 1 aliphatic heterocycles. The van der Waals surface area contributed by atoms with Crippen molar-refractivity contribution in [2.75, 3.05) is 18.1 Å². The predicted molar refractivity (Wildman–Crippen MR) is 110 cm³/mol. The Morgan fingerprint density at radius 3 is 2.78 bits per heavy atom. The highest BCUT2D eigenvalue weighted by atomic mass is 32.1. The number of anilines is 1. The molecule has 2 aromatic carbocycles. The van der Waals surface area contributed by atoms with E-state index in [1.54, 1.807) is 11.3 Å². The Hall–Kier alpha value is -2.66. The monoisotopic (exact) mass is 378 g/mol. The van der Waals surface area contributed by atoms with Gasteiger partial charge in [-0.25, -0.2) is 4.98 Å². The summed E-state index contributed by atoms with van der Waals surface area (Å²) in [6.07, 6.45) is 3.25. The molecular formula is C22H22N2O2S. The van der Waals surface area contributed by atoms with E-state index in [4.69, 9.17) is 9.72 Å². The molecule has 5 heteroatoms. The summed E-state index contributed by atoms with van der Waals surface area (Å²) >= 11 is 1.63. The molecule has 3 aromatic rings. The molecule has 1 aromatic heterocycles. The number of carbonyl (C=O) groups excluding carboxylic acids is 1. The minimum atomic E-state index is 0.0269. The second kappa shape index (κ2) is 7.92. The first-order valence-corrected chi connectivity index (χ1v) is 10.2. The molecule has 0 aliphatic carbocycles. The van der Waals surface area contributed by atoms with Gasteiger partial charge in [0, 0.05) is 23.1 Å². The van der Waals surface area contributed by atoms with Crippen molar-refractivity contribution in [3.8, 4) is 27.6 Å². The maximum absolute atomic E-state index is 12.4. The fourth-order valence-electron chi connectivity index (χ4n) is 3.25. The van der Waals surface area contributed by atoms with Gasteiger partial charge < -0.3 is 9.64 Å². The van der Waals surface area contributed by atoms with Crippen molar-refractivity contribution in [2.24, 2.45) is 0 Å². The van der Waals surface area contributed by atoms with E-state index in [1.807, 2.05) is 41.3 Å². The van der Waals surface area contributed by atoms with Gasteiger partial charge in [-0.15, -0.1) is 11.3 Å². The number of thiazole rings is 1. The van der Waals surface area contributed by atoms with Crippen LogP contribution in [0.1, 0.15) is 26.2 Å². The first kappa shape index (κ1) is 17.7. The Morgan fingerprint density at radius 1 is 1.11 bits per heavy atom. The van der Waals surface area contributed by atoms with E-state index in [0.717, 1.165) is 59.1 Å². The summed E-state index contributed by atoms with van der Waals surface area (Å²) in [4.78, 5) is 19.0. The quantitative estimate of drug-likeness (QED) is 0.540. The lowest BCUT2D eigenvalue weighted by Crippen LogP contribution is -2.39. The molecule has 0 spiro atoms. The van der Waals surface area contributed by atoms with Gasteiger partial charge in [-0.2, -0.15) is 0 Å². The van der Waals surface area contributed by atoms with Crippen LogP contribution >= 0.6 is 11.3 Å². The van der Waals surface area contributed by atoms with E-state index in [9.17, 15) is 4.79 Å². The van der Waals surface area contributed by atoms with Gasteiger partial charge in [-0.1, -0.05) is 50.1 Å². The lowest BCUT2D eigenvalue weighted by atomic mass is 10.1. The summed E-state index contributed by atoms with van der Waals surface area (Å²) in [6, 6.07) is 16.2. The van der Waals surface area contributed by atoms with Crippen molar-refractivity contribution in [3.63, 3.8) is 0 Å². The van der Waals surface area contributed by atoms with Crippen molar-refractivity contribution in [2.45, 2.75) is 26.2 Å². The molecule has 0 fully saturated rings. The molecule has 0 atom stereocenters. The van der Waals surface area contributed by atoms with Crippen LogP contribution in [0.5, 0.6) is 5.75 Å². The average molecular weight is 378 g/mol. The summed E-state index contributed by atoms with van der Waals surface area (Å²) in [7, 11) is 0. The molecule has 27 heavy (non-hydrogen) atoms. The van der Waals surface area contributed by atoms with Crippen LogP contribution < -0.4 is 9.64 Å². The van der Waals surface area contributed by atoms with Gasteiger partial charge in [0.25, 0.3) is 5.91 Å². The van der Waals surface area contributed by atoms with Gasteiger partial charge in [0.1, 0.15) is 10.8 Å². The molecule has 138 valence electrons. The van der Waals surface area contributed by atoms with Gasteiger partial charge in [0.15, 0.2) is 6.61 Å². The van der Waals surface area contributed by atoms with Crippen molar-refractivity contribution in [1.29, 1.82) is 0 Å². The van der Waals surface area contributed by atoms with Crippen LogP contribution in [0.3, 0.4) is 0 Å². The predicted octanol–water partition coefficient (Wildman–Crippen LogP) is 5.39. The second-order valence-electron chi connectivity index (χ2n) is 6.63. The highest BCUT2D eigenvalue weighted by Gasteiger charge is 2.25. The number of ether oxygens (including phenoxy) is 1. The molecule has 0 radical (unpaired) electrons. The SMILES string of the molecule is CCCCCN1C(=O)COc2ccc(-c3csc(-c4ccccc4)n3)cc21. The zero-order valence-electron chi connectivity index (χ0n) is 15.4. The van der Waals surface area contributed by atoms with E-state index >= 15 is 0 Å². The number of aromatic nitrogens is 1.